The highest BCUT2D eigenvalue weighted by atomic mass is 19.4. The number of aliphatic hydroxyl groups is 1. The van der Waals surface area contributed by atoms with Gasteiger partial charge in [0.2, 0.25) is 0 Å². The zero-order chi connectivity index (χ0) is 12.9. The summed E-state index contributed by atoms with van der Waals surface area (Å²) in [6.45, 7) is 0. The van der Waals surface area contributed by atoms with Crippen molar-refractivity contribution in [2.75, 3.05) is 7.11 Å². The quantitative estimate of drug-likeness (QED) is 0.868. The van der Waals surface area contributed by atoms with Crippen LogP contribution in [0, 0.1) is 0 Å². The van der Waals surface area contributed by atoms with E-state index in [2.05, 4.69) is 0 Å². The van der Waals surface area contributed by atoms with Gasteiger partial charge in [0.25, 0.3) is 0 Å². The Hall–Kier alpha value is -1.23. The molecule has 1 rings (SSSR count). The van der Waals surface area contributed by atoms with Crippen molar-refractivity contribution in [2.45, 2.75) is 31.5 Å². The van der Waals surface area contributed by atoms with E-state index in [1.807, 2.05) is 0 Å². The van der Waals surface area contributed by atoms with E-state index in [-0.39, 0.29) is 6.42 Å². The smallest absolute Gasteiger partial charge is 0.391 e. The van der Waals surface area contributed by atoms with Crippen molar-refractivity contribution in [3.63, 3.8) is 0 Å². The van der Waals surface area contributed by atoms with E-state index in [1.165, 1.54) is 0 Å². The van der Waals surface area contributed by atoms with Gasteiger partial charge in [-0.1, -0.05) is 12.1 Å². The summed E-state index contributed by atoms with van der Waals surface area (Å²) in [5.74, 6) is 0.699. The molecule has 0 amide bonds. The molecule has 1 atom stereocenters. The van der Waals surface area contributed by atoms with E-state index in [9.17, 15) is 18.3 Å². The average molecular weight is 248 g/mol. The first-order valence-electron chi connectivity index (χ1n) is 5.28. The fraction of sp³-hybridized carbons (Fsp3) is 0.500. The standard InChI is InChI=1S/C12H15F3O2/c1-17-11-6-3-9(4-7-11)2-5-10(16)8-12(13,14)15/h3-4,6-7,10,16H,2,5,8H2,1H3. The van der Waals surface area contributed by atoms with Gasteiger partial charge in [-0.05, 0) is 30.5 Å². The molecular formula is C12H15F3O2. The number of rotatable bonds is 5. The van der Waals surface area contributed by atoms with Gasteiger partial charge in [0.1, 0.15) is 5.75 Å². The van der Waals surface area contributed by atoms with Gasteiger partial charge in [-0.25, -0.2) is 0 Å². The number of aliphatic hydroxyl groups excluding tert-OH is 1. The van der Waals surface area contributed by atoms with E-state index in [4.69, 9.17) is 4.74 Å². The van der Waals surface area contributed by atoms with E-state index in [1.54, 1.807) is 31.4 Å². The highest BCUT2D eigenvalue weighted by molar-refractivity contribution is 5.27. The monoisotopic (exact) mass is 248 g/mol. The molecule has 1 N–H and O–H groups in total. The highest BCUT2D eigenvalue weighted by Gasteiger charge is 2.30. The lowest BCUT2D eigenvalue weighted by molar-refractivity contribution is -0.153. The Morgan fingerprint density at radius 1 is 1.24 bits per heavy atom. The number of benzene rings is 1. The zero-order valence-corrected chi connectivity index (χ0v) is 9.50. The molecule has 1 unspecified atom stereocenters. The minimum absolute atomic E-state index is 0.103. The van der Waals surface area contributed by atoms with E-state index in [0.29, 0.717) is 12.2 Å². The van der Waals surface area contributed by atoms with Crippen LogP contribution >= 0.6 is 0 Å². The third-order valence-electron chi connectivity index (χ3n) is 2.39. The molecule has 5 heteroatoms. The zero-order valence-electron chi connectivity index (χ0n) is 9.50. The number of ether oxygens (including phenoxy) is 1. The lowest BCUT2D eigenvalue weighted by atomic mass is 10.0. The third-order valence-corrected chi connectivity index (χ3v) is 2.39. The molecule has 0 saturated heterocycles. The molecule has 0 aliphatic rings. The summed E-state index contributed by atoms with van der Waals surface area (Å²) in [5, 5.41) is 9.20. The van der Waals surface area contributed by atoms with E-state index < -0.39 is 18.7 Å². The molecule has 0 aliphatic heterocycles. The predicted molar refractivity (Wildman–Crippen MR) is 58.0 cm³/mol. The van der Waals surface area contributed by atoms with Crippen molar-refractivity contribution >= 4 is 0 Å². The Bertz CT molecular complexity index is 333. The van der Waals surface area contributed by atoms with Gasteiger partial charge < -0.3 is 9.84 Å². The normalized spacial score (nSPS) is 13.5. The van der Waals surface area contributed by atoms with Crippen LogP contribution in [0.15, 0.2) is 24.3 Å². The predicted octanol–water partition coefficient (Wildman–Crippen LogP) is 2.94. The number of hydrogen-bond donors (Lipinski definition) is 1. The Kier molecular flexibility index (Phi) is 4.81. The average Bonchev–Trinajstić information content (AvgIpc) is 2.25. The molecule has 1 aromatic rings. The molecule has 2 nitrogen and oxygen atoms in total. The van der Waals surface area contributed by atoms with Crippen LogP contribution < -0.4 is 4.74 Å². The summed E-state index contributed by atoms with van der Waals surface area (Å²) in [6, 6.07) is 7.04. The van der Waals surface area contributed by atoms with Crippen molar-refractivity contribution in [1.82, 2.24) is 0 Å². The number of aryl methyl sites for hydroxylation is 1. The fourth-order valence-corrected chi connectivity index (χ4v) is 1.49. The maximum atomic E-state index is 12.0. The number of hydrogen-bond acceptors (Lipinski definition) is 2. The summed E-state index contributed by atoms with van der Waals surface area (Å²) in [5.41, 5.74) is 0.882. The minimum atomic E-state index is -4.31. The molecule has 0 aliphatic carbocycles. The lowest BCUT2D eigenvalue weighted by Gasteiger charge is -2.12. The summed E-state index contributed by atoms with van der Waals surface area (Å²) >= 11 is 0. The van der Waals surface area contributed by atoms with Gasteiger partial charge in [0, 0.05) is 0 Å². The van der Waals surface area contributed by atoms with Gasteiger partial charge in [-0.2, -0.15) is 13.2 Å². The molecule has 0 bridgehead atoms. The van der Waals surface area contributed by atoms with Crippen molar-refractivity contribution < 1.29 is 23.0 Å². The van der Waals surface area contributed by atoms with E-state index >= 15 is 0 Å². The van der Waals surface area contributed by atoms with Gasteiger partial charge in [-0.3, -0.25) is 0 Å². The second-order valence-electron chi connectivity index (χ2n) is 3.86. The number of alkyl halides is 3. The Morgan fingerprint density at radius 3 is 2.29 bits per heavy atom. The lowest BCUT2D eigenvalue weighted by Crippen LogP contribution is -2.19. The maximum absolute atomic E-state index is 12.0. The summed E-state index contributed by atoms with van der Waals surface area (Å²) < 4.78 is 40.8. The van der Waals surface area contributed by atoms with Crippen molar-refractivity contribution in [3.05, 3.63) is 29.8 Å². The number of halogens is 3. The third kappa shape index (κ3) is 5.58. The summed E-state index contributed by atoms with van der Waals surface area (Å²) in [4.78, 5) is 0. The Balaban J connectivity index is 2.39. The molecule has 0 aromatic heterocycles. The number of methoxy groups -OCH3 is 1. The van der Waals surface area contributed by atoms with Gasteiger partial charge in [0.15, 0.2) is 0 Å². The molecule has 17 heavy (non-hydrogen) atoms. The minimum Gasteiger partial charge on any atom is -0.497 e. The molecule has 1 aromatic carbocycles. The first-order valence-corrected chi connectivity index (χ1v) is 5.28. The van der Waals surface area contributed by atoms with Crippen molar-refractivity contribution in [2.24, 2.45) is 0 Å². The second kappa shape index (κ2) is 5.91. The fourth-order valence-electron chi connectivity index (χ4n) is 1.49. The van der Waals surface area contributed by atoms with Crippen LogP contribution in [0.1, 0.15) is 18.4 Å². The molecule has 0 fully saturated rings. The topological polar surface area (TPSA) is 29.5 Å². The molecule has 96 valence electrons. The van der Waals surface area contributed by atoms with Crippen LogP contribution in [-0.4, -0.2) is 24.5 Å². The first kappa shape index (κ1) is 13.8. The van der Waals surface area contributed by atoms with E-state index in [0.717, 1.165) is 5.56 Å². The van der Waals surface area contributed by atoms with Crippen LogP contribution in [0.4, 0.5) is 13.2 Å². The summed E-state index contributed by atoms with van der Waals surface area (Å²) in [6.07, 6.45) is -6.27. The molecule has 0 saturated carbocycles. The molecular weight excluding hydrogens is 233 g/mol. The first-order chi connectivity index (χ1) is 7.90. The Morgan fingerprint density at radius 2 is 1.82 bits per heavy atom. The molecule has 0 radical (unpaired) electrons. The molecule has 0 heterocycles. The summed E-state index contributed by atoms with van der Waals surface area (Å²) in [7, 11) is 1.54. The molecule has 0 spiro atoms. The van der Waals surface area contributed by atoms with Gasteiger partial charge in [-0.15, -0.1) is 0 Å². The second-order valence-corrected chi connectivity index (χ2v) is 3.86. The largest absolute Gasteiger partial charge is 0.497 e. The van der Waals surface area contributed by atoms with Crippen LogP contribution in [0.5, 0.6) is 5.75 Å². The van der Waals surface area contributed by atoms with Gasteiger partial charge >= 0.3 is 6.18 Å². The maximum Gasteiger partial charge on any atom is 0.391 e. The van der Waals surface area contributed by atoms with Crippen LogP contribution in [-0.2, 0) is 6.42 Å². The van der Waals surface area contributed by atoms with Crippen LogP contribution in [0.3, 0.4) is 0 Å². The van der Waals surface area contributed by atoms with Crippen molar-refractivity contribution in [3.8, 4) is 5.75 Å². The Labute approximate surface area is 98.0 Å². The highest BCUT2D eigenvalue weighted by Crippen LogP contribution is 2.23. The van der Waals surface area contributed by atoms with Crippen LogP contribution in [0.25, 0.3) is 0 Å². The SMILES string of the molecule is COc1ccc(CCC(O)CC(F)(F)F)cc1. The van der Waals surface area contributed by atoms with Gasteiger partial charge in [0.05, 0.1) is 19.6 Å². The van der Waals surface area contributed by atoms with Crippen molar-refractivity contribution in [1.29, 1.82) is 0 Å². The van der Waals surface area contributed by atoms with Crippen LogP contribution in [0.2, 0.25) is 0 Å².